The van der Waals surface area contributed by atoms with Crippen LogP contribution in [0.2, 0.25) is 0 Å². The zero-order valence-corrected chi connectivity index (χ0v) is 11.7. The fraction of sp³-hybridized carbons (Fsp3) is 0.429. The van der Waals surface area contributed by atoms with Crippen molar-refractivity contribution in [3.8, 4) is 0 Å². The number of anilines is 2. The number of para-hydroxylation sites is 2. The second kappa shape index (κ2) is 5.50. The highest BCUT2D eigenvalue weighted by Crippen LogP contribution is 2.23. The van der Waals surface area contributed by atoms with Crippen LogP contribution in [-0.4, -0.2) is 45.8 Å². The van der Waals surface area contributed by atoms with E-state index in [0.717, 1.165) is 49.9 Å². The molecule has 2 heterocycles. The number of nitrogens with zero attached hydrogens (tertiary/aromatic N) is 5. The van der Waals surface area contributed by atoms with Gasteiger partial charge in [-0.05, 0) is 12.1 Å². The first-order valence-corrected chi connectivity index (χ1v) is 6.89. The number of aryl methyl sites for hydroxylation is 1. The SMILES string of the molecule is Cn1ncnc1CN1CCN(c2ccccc2N)CC1. The lowest BCUT2D eigenvalue weighted by atomic mass is 10.2. The quantitative estimate of drug-likeness (QED) is 0.834. The first kappa shape index (κ1) is 12.9. The van der Waals surface area contributed by atoms with E-state index in [1.165, 1.54) is 0 Å². The topological polar surface area (TPSA) is 63.2 Å². The Morgan fingerprint density at radius 2 is 1.90 bits per heavy atom. The van der Waals surface area contributed by atoms with Crippen molar-refractivity contribution in [2.45, 2.75) is 6.54 Å². The monoisotopic (exact) mass is 272 g/mol. The molecule has 1 saturated heterocycles. The van der Waals surface area contributed by atoms with Gasteiger partial charge in [-0.3, -0.25) is 9.58 Å². The highest BCUT2D eigenvalue weighted by atomic mass is 15.3. The lowest BCUT2D eigenvalue weighted by Gasteiger charge is -2.36. The Balaban J connectivity index is 1.60. The first-order valence-electron chi connectivity index (χ1n) is 6.89. The summed E-state index contributed by atoms with van der Waals surface area (Å²) in [6, 6.07) is 8.07. The number of hydrogen-bond donors (Lipinski definition) is 1. The van der Waals surface area contributed by atoms with Gasteiger partial charge in [-0.1, -0.05) is 12.1 Å². The van der Waals surface area contributed by atoms with Crippen LogP contribution in [0.3, 0.4) is 0 Å². The molecule has 6 nitrogen and oxygen atoms in total. The summed E-state index contributed by atoms with van der Waals surface area (Å²) in [5, 5.41) is 4.11. The zero-order valence-electron chi connectivity index (χ0n) is 11.7. The molecule has 0 saturated carbocycles. The molecule has 0 radical (unpaired) electrons. The van der Waals surface area contributed by atoms with E-state index in [1.807, 2.05) is 29.9 Å². The maximum absolute atomic E-state index is 6.04. The van der Waals surface area contributed by atoms with Crippen molar-refractivity contribution in [2.75, 3.05) is 36.8 Å². The summed E-state index contributed by atoms with van der Waals surface area (Å²) in [5.74, 6) is 1.01. The molecule has 2 aromatic rings. The standard InChI is InChI=1S/C14H20N6/c1-18-14(16-11-17-18)10-19-6-8-20(9-7-19)13-5-3-2-4-12(13)15/h2-5,11H,6-10,15H2,1H3. The third kappa shape index (κ3) is 2.60. The van der Waals surface area contributed by atoms with E-state index < -0.39 is 0 Å². The molecule has 106 valence electrons. The molecule has 1 aromatic carbocycles. The summed E-state index contributed by atoms with van der Waals surface area (Å²) >= 11 is 0. The van der Waals surface area contributed by atoms with E-state index in [4.69, 9.17) is 5.73 Å². The molecule has 0 aliphatic carbocycles. The molecular formula is C14H20N6. The minimum Gasteiger partial charge on any atom is -0.397 e. The molecule has 0 atom stereocenters. The Labute approximate surface area is 118 Å². The van der Waals surface area contributed by atoms with Crippen LogP contribution >= 0.6 is 0 Å². The van der Waals surface area contributed by atoms with E-state index in [0.29, 0.717) is 0 Å². The fourth-order valence-corrected chi connectivity index (χ4v) is 2.59. The highest BCUT2D eigenvalue weighted by Gasteiger charge is 2.19. The first-order chi connectivity index (χ1) is 9.74. The van der Waals surface area contributed by atoms with Crippen LogP contribution in [0.4, 0.5) is 11.4 Å². The number of benzene rings is 1. The number of aromatic nitrogens is 3. The number of nitrogen functional groups attached to an aromatic ring is 1. The average molecular weight is 272 g/mol. The number of hydrogen-bond acceptors (Lipinski definition) is 5. The smallest absolute Gasteiger partial charge is 0.140 e. The zero-order chi connectivity index (χ0) is 13.9. The predicted molar refractivity (Wildman–Crippen MR) is 79.3 cm³/mol. The number of nitrogens with two attached hydrogens (primary N) is 1. The van der Waals surface area contributed by atoms with Gasteiger partial charge in [0.1, 0.15) is 12.2 Å². The molecule has 1 aliphatic rings. The Bertz CT molecular complexity index is 571. The largest absolute Gasteiger partial charge is 0.397 e. The fourth-order valence-electron chi connectivity index (χ4n) is 2.59. The Morgan fingerprint density at radius 3 is 2.55 bits per heavy atom. The second-order valence-corrected chi connectivity index (χ2v) is 5.12. The van der Waals surface area contributed by atoms with Gasteiger partial charge >= 0.3 is 0 Å². The van der Waals surface area contributed by atoms with Gasteiger partial charge < -0.3 is 10.6 Å². The summed E-state index contributed by atoms with van der Waals surface area (Å²) in [7, 11) is 1.93. The van der Waals surface area contributed by atoms with Crippen molar-refractivity contribution in [1.82, 2.24) is 19.7 Å². The summed E-state index contributed by atoms with van der Waals surface area (Å²) < 4.78 is 1.83. The minimum atomic E-state index is 0.856. The van der Waals surface area contributed by atoms with Gasteiger partial charge in [-0.2, -0.15) is 5.10 Å². The van der Waals surface area contributed by atoms with Crippen LogP contribution in [0.15, 0.2) is 30.6 Å². The molecule has 1 aliphatic heterocycles. The Kier molecular flexibility index (Phi) is 3.56. The van der Waals surface area contributed by atoms with Gasteiger partial charge in [0.15, 0.2) is 0 Å². The third-order valence-electron chi connectivity index (χ3n) is 3.82. The van der Waals surface area contributed by atoms with E-state index in [-0.39, 0.29) is 0 Å². The molecule has 1 fully saturated rings. The predicted octanol–water partition coefficient (Wildman–Crippen LogP) is 0.720. The normalized spacial score (nSPS) is 16.6. The van der Waals surface area contributed by atoms with Gasteiger partial charge in [-0.25, -0.2) is 4.98 Å². The van der Waals surface area contributed by atoms with E-state index >= 15 is 0 Å². The van der Waals surface area contributed by atoms with Gasteiger partial charge in [-0.15, -0.1) is 0 Å². The maximum atomic E-state index is 6.04. The van der Waals surface area contributed by atoms with Crippen LogP contribution in [0.1, 0.15) is 5.82 Å². The van der Waals surface area contributed by atoms with Crippen LogP contribution in [0.25, 0.3) is 0 Å². The van der Waals surface area contributed by atoms with Crippen LogP contribution in [0.5, 0.6) is 0 Å². The minimum absolute atomic E-state index is 0.856. The summed E-state index contributed by atoms with van der Waals surface area (Å²) in [6.07, 6.45) is 1.61. The highest BCUT2D eigenvalue weighted by molar-refractivity contribution is 5.67. The summed E-state index contributed by atoms with van der Waals surface area (Å²) in [6.45, 7) is 4.87. The van der Waals surface area contributed by atoms with Crippen LogP contribution < -0.4 is 10.6 Å². The van der Waals surface area contributed by atoms with E-state index in [1.54, 1.807) is 6.33 Å². The van der Waals surface area contributed by atoms with E-state index in [9.17, 15) is 0 Å². The van der Waals surface area contributed by atoms with Crippen molar-refractivity contribution in [3.05, 3.63) is 36.4 Å². The Hall–Kier alpha value is -2.08. The average Bonchev–Trinajstić information content (AvgIpc) is 2.86. The molecule has 0 unspecified atom stereocenters. The van der Waals surface area contributed by atoms with Gasteiger partial charge in [0.2, 0.25) is 0 Å². The third-order valence-corrected chi connectivity index (χ3v) is 3.82. The number of rotatable bonds is 3. The Morgan fingerprint density at radius 1 is 1.15 bits per heavy atom. The number of piperazine rings is 1. The van der Waals surface area contributed by atoms with Crippen molar-refractivity contribution < 1.29 is 0 Å². The van der Waals surface area contributed by atoms with E-state index in [2.05, 4.69) is 25.9 Å². The summed E-state index contributed by atoms with van der Waals surface area (Å²) in [4.78, 5) is 9.03. The van der Waals surface area contributed by atoms with Crippen molar-refractivity contribution in [3.63, 3.8) is 0 Å². The molecule has 20 heavy (non-hydrogen) atoms. The molecule has 0 amide bonds. The van der Waals surface area contributed by atoms with Crippen LogP contribution in [-0.2, 0) is 13.6 Å². The molecule has 0 spiro atoms. The van der Waals surface area contributed by atoms with Gasteiger partial charge in [0, 0.05) is 33.2 Å². The molecule has 0 bridgehead atoms. The lowest BCUT2D eigenvalue weighted by Crippen LogP contribution is -2.46. The lowest BCUT2D eigenvalue weighted by molar-refractivity contribution is 0.241. The maximum Gasteiger partial charge on any atom is 0.140 e. The molecule has 3 rings (SSSR count). The molecule has 6 heteroatoms. The van der Waals surface area contributed by atoms with Crippen LogP contribution in [0, 0.1) is 0 Å². The van der Waals surface area contributed by atoms with Crippen molar-refractivity contribution >= 4 is 11.4 Å². The van der Waals surface area contributed by atoms with Gasteiger partial charge in [0.25, 0.3) is 0 Å². The summed E-state index contributed by atoms with van der Waals surface area (Å²) in [5.41, 5.74) is 8.04. The second-order valence-electron chi connectivity index (χ2n) is 5.12. The molecule has 2 N–H and O–H groups in total. The molecular weight excluding hydrogens is 252 g/mol. The molecule has 1 aromatic heterocycles. The van der Waals surface area contributed by atoms with Crippen molar-refractivity contribution in [1.29, 1.82) is 0 Å². The van der Waals surface area contributed by atoms with Gasteiger partial charge in [0.05, 0.1) is 17.9 Å². The van der Waals surface area contributed by atoms with Crippen molar-refractivity contribution in [2.24, 2.45) is 7.05 Å².